The quantitative estimate of drug-likeness (QED) is 0.864. The molecule has 1 aliphatic rings. The number of methoxy groups -OCH3 is 1. The van der Waals surface area contributed by atoms with Crippen molar-refractivity contribution in [1.82, 2.24) is 10.2 Å². The Morgan fingerprint density at radius 2 is 2.12 bits per heavy atom. The first kappa shape index (κ1) is 12.4. The van der Waals surface area contributed by atoms with E-state index in [2.05, 4.69) is 42.3 Å². The second-order valence-corrected chi connectivity index (χ2v) is 4.40. The van der Waals surface area contributed by atoms with E-state index in [9.17, 15) is 0 Å². The van der Waals surface area contributed by atoms with Crippen LogP contribution >= 0.6 is 0 Å². The van der Waals surface area contributed by atoms with Gasteiger partial charge in [-0.25, -0.2) is 0 Å². The van der Waals surface area contributed by atoms with Crippen LogP contribution in [0.4, 0.5) is 0 Å². The van der Waals surface area contributed by atoms with Gasteiger partial charge in [-0.2, -0.15) is 0 Å². The van der Waals surface area contributed by atoms with Crippen LogP contribution in [0.2, 0.25) is 0 Å². The Morgan fingerprint density at radius 1 is 1.35 bits per heavy atom. The van der Waals surface area contributed by atoms with E-state index in [1.165, 1.54) is 11.1 Å². The molecule has 1 N–H and O–H groups in total. The van der Waals surface area contributed by atoms with Gasteiger partial charge in [0.25, 0.3) is 0 Å². The van der Waals surface area contributed by atoms with E-state index >= 15 is 0 Å². The molecule has 1 atom stereocenters. The van der Waals surface area contributed by atoms with Gasteiger partial charge in [0, 0.05) is 18.7 Å². The number of hydrogen-bond donors (Lipinski definition) is 1. The summed E-state index contributed by atoms with van der Waals surface area (Å²) in [4.78, 5) is 2.48. The van der Waals surface area contributed by atoms with Gasteiger partial charge in [0.2, 0.25) is 0 Å². The van der Waals surface area contributed by atoms with Crippen molar-refractivity contribution in [3.05, 3.63) is 29.3 Å². The monoisotopic (exact) mass is 234 g/mol. The maximum absolute atomic E-state index is 5.53. The molecule has 1 heterocycles. The smallest absolute Gasteiger partial charge is 0.124 e. The predicted octanol–water partition coefficient (Wildman–Crippen LogP) is 2.18. The molecule has 0 unspecified atom stereocenters. The summed E-state index contributed by atoms with van der Waals surface area (Å²) in [5, 5.41) is 3.49. The molecule has 0 fully saturated rings. The zero-order valence-electron chi connectivity index (χ0n) is 11.0. The zero-order chi connectivity index (χ0) is 12.3. The van der Waals surface area contributed by atoms with Gasteiger partial charge in [-0.15, -0.1) is 0 Å². The number of rotatable bonds is 4. The van der Waals surface area contributed by atoms with Gasteiger partial charge < -0.3 is 10.1 Å². The summed E-state index contributed by atoms with van der Waals surface area (Å²) >= 11 is 0. The molecule has 1 aromatic carbocycles. The average molecular weight is 234 g/mol. The lowest BCUT2D eigenvalue weighted by atomic mass is 9.94. The van der Waals surface area contributed by atoms with Crippen LogP contribution in [0.1, 0.15) is 31.0 Å². The van der Waals surface area contributed by atoms with Crippen molar-refractivity contribution in [3.63, 3.8) is 0 Å². The highest BCUT2D eigenvalue weighted by molar-refractivity contribution is 5.44. The molecule has 0 radical (unpaired) electrons. The van der Waals surface area contributed by atoms with Crippen molar-refractivity contribution < 1.29 is 4.74 Å². The molecule has 0 aromatic heterocycles. The minimum atomic E-state index is 0.435. The molecule has 94 valence electrons. The average Bonchev–Trinajstić information content (AvgIpc) is 2.39. The lowest BCUT2D eigenvalue weighted by molar-refractivity contribution is 0.200. The Kier molecular flexibility index (Phi) is 4.02. The second kappa shape index (κ2) is 5.52. The van der Waals surface area contributed by atoms with Crippen LogP contribution in [0, 0.1) is 0 Å². The number of hydrogen-bond acceptors (Lipinski definition) is 3. The number of ether oxygens (including phenoxy) is 1. The van der Waals surface area contributed by atoms with Crippen LogP contribution in [0.25, 0.3) is 0 Å². The summed E-state index contributed by atoms with van der Waals surface area (Å²) in [6, 6.07) is 6.77. The third-order valence-corrected chi connectivity index (χ3v) is 3.62. The van der Waals surface area contributed by atoms with E-state index in [1.807, 2.05) is 0 Å². The van der Waals surface area contributed by atoms with Gasteiger partial charge >= 0.3 is 0 Å². The maximum Gasteiger partial charge on any atom is 0.124 e. The number of nitrogens with one attached hydrogen (secondary N) is 1. The Labute approximate surface area is 104 Å². The molecule has 0 saturated heterocycles. The molecule has 3 nitrogen and oxygen atoms in total. The number of nitrogens with zero attached hydrogens (tertiary/aromatic N) is 1. The minimum absolute atomic E-state index is 0.435. The number of benzene rings is 1. The van der Waals surface area contributed by atoms with Crippen molar-refractivity contribution in [1.29, 1.82) is 0 Å². The normalized spacial score (nSPS) is 19.2. The van der Waals surface area contributed by atoms with Gasteiger partial charge in [-0.3, -0.25) is 4.90 Å². The molecule has 0 bridgehead atoms. The van der Waals surface area contributed by atoms with Crippen molar-refractivity contribution in [2.24, 2.45) is 0 Å². The third kappa shape index (κ3) is 2.31. The molecule has 1 aliphatic heterocycles. The van der Waals surface area contributed by atoms with Gasteiger partial charge in [0.15, 0.2) is 0 Å². The Hall–Kier alpha value is -1.06. The fourth-order valence-corrected chi connectivity index (χ4v) is 2.72. The van der Waals surface area contributed by atoms with Crippen LogP contribution in [0.3, 0.4) is 0 Å². The van der Waals surface area contributed by atoms with Crippen LogP contribution in [0.5, 0.6) is 5.75 Å². The highest BCUT2D eigenvalue weighted by Crippen LogP contribution is 2.34. The second-order valence-electron chi connectivity index (χ2n) is 4.40. The fraction of sp³-hybridized carbons (Fsp3) is 0.571. The first-order valence-corrected chi connectivity index (χ1v) is 6.42. The van der Waals surface area contributed by atoms with E-state index in [0.717, 1.165) is 31.9 Å². The lowest BCUT2D eigenvalue weighted by Gasteiger charge is -2.35. The molecule has 0 amide bonds. The summed E-state index contributed by atoms with van der Waals surface area (Å²) in [5.74, 6) is 1.03. The number of fused-ring (bicyclic) bond motifs is 1. The van der Waals surface area contributed by atoms with Crippen molar-refractivity contribution >= 4 is 0 Å². The largest absolute Gasteiger partial charge is 0.496 e. The molecule has 0 aliphatic carbocycles. The predicted molar refractivity (Wildman–Crippen MR) is 70.4 cm³/mol. The highest BCUT2D eigenvalue weighted by atomic mass is 16.5. The fourth-order valence-electron chi connectivity index (χ4n) is 2.72. The Balaban J connectivity index is 2.41. The van der Waals surface area contributed by atoms with E-state index in [4.69, 9.17) is 4.74 Å². The first-order chi connectivity index (χ1) is 8.31. The van der Waals surface area contributed by atoms with Crippen LogP contribution in [-0.2, 0) is 6.54 Å². The molecular weight excluding hydrogens is 212 g/mol. The summed E-state index contributed by atoms with van der Waals surface area (Å²) in [6.07, 6.45) is 0. The van der Waals surface area contributed by atoms with E-state index in [-0.39, 0.29) is 0 Å². The zero-order valence-corrected chi connectivity index (χ0v) is 11.0. The standard InChI is InChI=1S/C14H22N2O/c1-4-16(5-2)12-10-15-9-11-7-6-8-13(17-3)14(11)12/h6-8,12,15H,4-5,9-10H2,1-3H3/t12-/m1/s1. The van der Waals surface area contributed by atoms with E-state index in [1.54, 1.807) is 7.11 Å². The summed E-state index contributed by atoms with van der Waals surface area (Å²) in [6.45, 7) is 8.53. The van der Waals surface area contributed by atoms with E-state index in [0.29, 0.717) is 6.04 Å². The van der Waals surface area contributed by atoms with Gasteiger partial charge in [0.1, 0.15) is 5.75 Å². The SMILES string of the molecule is CCN(CC)[C@@H]1CNCc2cccc(OC)c21. The van der Waals surface area contributed by atoms with Crippen LogP contribution in [-0.4, -0.2) is 31.6 Å². The molecule has 17 heavy (non-hydrogen) atoms. The van der Waals surface area contributed by atoms with Crippen LogP contribution in [0.15, 0.2) is 18.2 Å². The van der Waals surface area contributed by atoms with Gasteiger partial charge in [-0.05, 0) is 24.7 Å². The van der Waals surface area contributed by atoms with Gasteiger partial charge in [-0.1, -0.05) is 26.0 Å². The Morgan fingerprint density at radius 3 is 2.76 bits per heavy atom. The molecule has 2 rings (SSSR count). The first-order valence-electron chi connectivity index (χ1n) is 6.42. The lowest BCUT2D eigenvalue weighted by Crippen LogP contribution is -2.39. The summed E-state index contributed by atoms with van der Waals surface area (Å²) in [7, 11) is 1.76. The minimum Gasteiger partial charge on any atom is -0.496 e. The van der Waals surface area contributed by atoms with E-state index < -0.39 is 0 Å². The number of likely N-dealkylation sites (N-methyl/N-ethyl adjacent to an activating group) is 1. The molecular formula is C14H22N2O. The van der Waals surface area contributed by atoms with Crippen molar-refractivity contribution in [2.75, 3.05) is 26.7 Å². The molecule has 3 heteroatoms. The van der Waals surface area contributed by atoms with Crippen molar-refractivity contribution in [2.45, 2.75) is 26.4 Å². The maximum atomic E-state index is 5.53. The van der Waals surface area contributed by atoms with Crippen LogP contribution < -0.4 is 10.1 Å². The molecule has 0 saturated carbocycles. The molecule has 0 spiro atoms. The summed E-state index contributed by atoms with van der Waals surface area (Å²) < 4.78 is 5.53. The molecule has 1 aromatic rings. The van der Waals surface area contributed by atoms with Gasteiger partial charge in [0.05, 0.1) is 13.2 Å². The highest BCUT2D eigenvalue weighted by Gasteiger charge is 2.26. The third-order valence-electron chi connectivity index (χ3n) is 3.62. The topological polar surface area (TPSA) is 24.5 Å². The summed E-state index contributed by atoms with van der Waals surface area (Å²) in [5.41, 5.74) is 2.74. The van der Waals surface area contributed by atoms with Crippen molar-refractivity contribution in [3.8, 4) is 5.75 Å². The Bertz CT molecular complexity index is 360.